The van der Waals surface area contributed by atoms with Crippen LogP contribution in [0.1, 0.15) is 12.8 Å². The number of nitrogens with zero attached hydrogens (tertiary/aromatic N) is 2. The molecule has 0 radical (unpaired) electrons. The van der Waals surface area contributed by atoms with Crippen LogP contribution >= 0.6 is 38.9 Å². The van der Waals surface area contributed by atoms with Gasteiger partial charge in [0, 0.05) is 6.54 Å². The second kappa shape index (κ2) is 4.86. The maximum absolute atomic E-state index is 12.3. The fourth-order valence-electron chi connectivity index (χ4n) is 1.73. The number of halogens is 2. The molecule has 0 spiro atoms. The maximum Gasteiger partial charge on any atom is 0.253 e. The minimum absolute atomic E-state index is 0.177. The summed E-state index contributed by atoms with van der Waals surface area (Å²) >= 11 is 10.1. The van der Waals surface area contributed by atoms with E-state index in [0.717, 1.165) is 17.8 Å². The molecule has 1 saturated heterocycles. The molecule has 1 aromatic rings. The van der Waals surface area contributed by atoms with Gasteiger partial charge in [0.05, 0.1) is 14.9 Å². The average molecular weight is 356 g/mol. The highest BCUT2D eigenvalue weighted by Crippen LogP contribution is 2.37. The predicted octanol–water partition coefficient (Wildman–Crippen LogP) is 2.84. The summed E-state index contributed by atoms with van der Waals surface area (Å²) in [5.74, 6) is 0. The van der Waals surface area contributed by atoms with Crippen molar-refractivity contribution in [2.45, 2.75) is 23.1 Å². The van der Waals surface area contributed by atoms with E-state index in [1.165, 1.54) is 10.4 Å². The first-order valence-electron chi connectivity index (χ1n) is 4.83. The van der Waals surface area contributed by atoms with Crippen LogP contribution in [-0.4, -0.2) is 25.3 Å². The largest absolute Gasteiger partial charge is 0.253 e. The summed E-state index contributed by atoms with van der Waals surface area (Å²) in [4.78, 5) is 0. The van der Waals surface area contributed by atoms with Crippen molar-refractivity contribution in [2.75, 3.05) is 6.54 Å². The van der Waals surface area contributed by atoms with Crippen LogP contribution in [0.4, 0.5) is 0 Å². The summed E-state index contributed by atoms with van der Waals surface area (Å²) in [5.41, 5.74) is 0. The summed E-state index contributed by atoms with van der Waals surface area (Å²) < 4.78 is 26.6. The Bertz CT molecular complexity index is 559. The van der Waals surface area contributed by atoms with E-state index in [0.29, 0.717) is 21.8 Å². The highest BCUT2D eigenvalue weighted by atomic mass is 79.9. The van der Waals surface area contributed by atoms with Gasteiger partial charge in [0.25, 0.3) is 10.0 Å². The third kappa shape index (κ3) is 2.37. The molecule has 1 fully saturated rings. The van der Waals surface area contributed by atoms with Crippen molar-refractivity contribution in [3.8, 4) is 6.07 Å². The van der Waals surface area contributed by atoms with Crippen molar-refractivity contribution in [3.63, 3.8) is 0 Å². The Morgan fingerprint density at radius 2 is 2.35 bits per heavy atom. The van der Waals surface area contributed by atoms with Crippen molar-refractivity contribution >= 4 is 48.9 Å². The molecule has 0 aliphatic carbocycles. The lowest BCUT2D eigenvalue weighted by Crippen LogP contribution is -2.34. The molecule has 17 heavy (non-hydrogen) atoms. The Kier molecular flexibility index (Phi) is 3.80. The van der Waals surface area contributed by atoms with Crippen LogP contribution in [0.5, 0.6) is 0 Å². The highest BCUT2D eigenvalue weighted by Gasteiger charge is 2.36. The topological polar surface area (TPSA) is 61.2 Å². The molecule has 0 N–H and O–H groups in total. The number of thiophene rings is 1. The van der Waals surface area contributed by atoms with Gasteiger partial charge in [-0.2, -0.15) is 9.57 Å². The predicted molar refractivity (Wildman–Crippen MR) is 69.6 cm³/mol. The van der Waals surface area contributed by atoms with Crippen molar-refractivity contribution < 1.29 is 8.42 Å². The minimum atomic E-state index is -3.59. The normalized spacial score (nSPS) is 21.6. The third-order valence-corrected chi connectivity index (χ3v) is 7.37. The van der Waals surface area contributed by atoms with Crippen molar-refractivity contribution in [1.82, 2.24) is 4.31 Å². The molecule has 1 aliphatic heterocycles. The first-order valence-corrected chi connectivity index (χ1v) is 8.26. The standard InChI is InChI=1S/C9H8BrClN2O2S2/c10-9-7(11)4-8(16-9)17(14,15)13-3-1-2-6(13)5-12/h4,6H,1-3H2. The van der Waals surface area contributed by atoms with Crippen LogP contribution < -0.4 is 0 Å². The number of hydrogen-bond donors (Lipinski definition) is 0. The van der Waals surface area contributed by atoms with E-state index in [-0.39, 0.29) is 4.21 Å². The molecule has 8 heteroatoms. The Morgan fingerprint density at radius 1 is 1.65 bits per heavy atom. The highest BCUT2D eigenvalue weighted by molar-refractivity contribution is 9.11. The van der Waals surface area contributed by atoms with Crippen molar-refractivity contribution in [1.29, 1.82) is 5.26 Å². The van der Waals surface area contributed by atoms with Gasteiger partial charge in [-0.1, -0.05) is 11.6 Å². The van der Waals surface area contributed by atoms with Gasteiger partial charge in [-0.05, 0) is 34.8 Å². The zero-order valence-corrected chi connectivity index (χ0v) is 12.5. The lowest BCUT2D eigenvalue weighted by molar-refractivity contribution is 0.439. The molecule has 0 bridgehead atoms. The molecule has 1 atom stereocenters. The summed E-state index contributed by atoms with van der Waals surface area (Å²) in [6.07, 6.45) is 1.31. The van der Waals surface area contributed by atoms with Crippen molar-refractivity contribution in [3.05, 3.63) is 14.9 Å². The Hall–Kier alpha value is -0.130. The summed E-state index contributed by atoms with van der Waals surface area (Å²) in [7, 11) is -3.59. The van der Waals surface area contributed by atoms with Crippen LogP contribution in [0.2, 0.25) is 5.02 Å². The first kappa shape index (κ1) is 13.3. The summed E-state index contributed by atoms with van der Waals surface area (Å²) in [6.45, 7) is 0.397. The molecule has 92 valence electrons. The van der Waals surface area contributed by atoms with Gasteiger partial charge in [0.15, 0.2) is 0 Å². The van der Waals surface area contributed by atoms with Crippen LogP contribution in [0.15, 0.2) is 14.1 Å². The smallest absolute Gasteiger partial charge is 0.206 e. The van der Waals surface area contributed by atoms with Gasteiger partial charge >= 0.3 is 0 Å². The number of hydrogen-bond acceptors (Lipinski definition) is 4. The van der Waals surface area contributed by atoms with Crippen molar-refractivity contribution in [2.24, 2.45) is 0 Å². The molecular formula is C9H8BrClN2O2S2. The molecule has 0 aromatic carbocycles. The lowest BCUT2D eigenvalue weighted by Gasteiger charge is -2.17. The molecule has 0 amide bonds. The zero-order valence-electron chi connectivity index (χ0n) is 8.56. The minimum Gasteiger partial charge on any atom is -0.206 e. The Balaban J connectivity index is 2.40. The molecular weight excluding hydrogens is 348 g/mol. The van der Waals surface area contributed by atoms with E-state index in [2.05, 4.69) is 15.9 Å². The fraction of sp³-hybridized carbons (Fsp3) is 0.444. The van der Waals surface area contributed by atoms with E-state index in [9.17, 15) is 8.42 Å². The van der Waals surface area contributed by atoms with E-state index < -0.39 is 16.1 Å². The Labute approximate surface area is 117 Å². The molecule has 2 heterocycles. The lowest BCUT2D eigenvalue weighted by atomic mass is 10.2. The summed E-state index contributed by atoms with van der Waals surface area (Å²) in [5, 5.41) is 9.29. The second-order valence-electron chi connectivity index (χ2n) is 3.59. The van der Waals surface area contributed by atoms with E-state index in [1.807, 2.05) is 6.07 Å². The van der Waals surface area contributed by atoms with Gasteiger partial charge in [-0.3, -0.25) is 0 Å². The maximum atomic E-state index is 12.3. The molecule has 1 aromatic heterocycles. The van der Waals surface area contributed by atoms with Gasteiger partial charge in [0.2, 0.25) is 0 Å². The number of nitriles is 1. The first-order chi connectivity index (χ1) is 7.96. The van der Waals surface area contributed by atoms with Gasteiger partial charge in [-0.15, -0.1) is 11.3 Å². The number of rotatable bonds is 2. The molecule has 1 unspecified atom stereocenters. The van der Waals surface area contributed by atoms with Crippen LogP contribution in [0.25, 0.3) is 0 Å². The van der Waals surface area contributed by atoms with Gasteiger partial charge < -0.3 is 0 Å². The van der Waals surface area contributed by atoms with Crippen LogP contribution in [-0.2, 0) is 10.0 Å². The second-order valence-corrected chi connectivity index (χ2v) is 8.48. The number of sulfonamides is 1. The molecule has 1 aliphatic rings. The molecule has 0 saturated carbocycles. The monoisotopic (exact) mass is 354 g/mol. The SMILES string of the molecule is N#CC1CCCN1S(=O)(=O)c1cc(Cl)c(Br)s1. The molecule has 4 nitrogen and oxygen atoms in total. The van der Waals surface area contributed by atoms with Gasteiger partial charge in [0.1, 0.15) is 10.3 Å². The van der Waals surface area contributed by atoms with Gasteiger partial charge in [-0.25, -0.2) is 8.42 Å². The fourth-order valence-corrected chi connectivity index (χ4v) is 5.86. The zero-order chi connectivity index (χ0) is 12.6. The average Bonchev–Trinajstić information content (AvgIpc) is 2.86. The summed E-state index contributed by atoms with van der Waals surface area (Å²) in [6, 6.07) is 2.88. The quantitative estimate of drug-likeness (QED) is 0.819. The third-order valence-electron chi connectivity index (χ3n) is 2.54. The van der Waals surface area contributed by atoms with Crippen LogP contribution in [0.3, 0.4) is 0 Å². The van der Waals surface area contributed by atoms with E-state index in [1.54, 1.807) is 0 Å². The van der Waals surface area contributed by atoms with E-state index in [4.69, 9.17) is 16.9 Å². The van der Waals surface area contributed by atoms with Crippen LogP contribution in [0, 0.1) is 11.3 Å². The van der Waals surface area contributed by atoms with E-state index >= 15 is 0 Å². The molecule has 2 rings (SSSR count). The Morgan fingerprint density at radius 3 is 2.88 bits per heavy atom.